The number of aromatic nitrogens is 1. The van der Waals surface area contributed by atoms with Gasteiger partial charge >= 0.3 is 6.61 Å². The summed E-state index contributed by atoms with van der Waals surface area (Å²) in [5, 5.41) is 14.0. The number of pyridine rings is 1. The van der Waals surface area contributed by atoms with E-state index in [1.54, 1.807) is 26.8 Å². The average molecular weight is 505 g/mol. The predicted molar refractivity (Wildman–Crippen MR) is 133 cm³/mol. The van der Waals surface area contributed by atoms with E-state index in [1.807, 2.05) is 24.3 Å². The molecule has 36 heavy (non-hydrogen) atoms. The van der Waals surface area contributed by atoms with Crippen molar-refractivity contribution < 1.29 is 23.2 Å². The Kier molecular flexibility index (Phi) is 8.28. The number of anilines is 1. The van der Waals surface area contributed by atoms with E-state index < -0.39 is 17.6 Å². The number of nitrogens with zero attached hydrogens (tertiary/aromatic N) is 3. The van der Waals surface area contributed by atoms with Crippen LogP contribution in [0.1, 0.15) is 63.3 Å². The summed E-state index contributed by atoms with van der Waals surface area (Å²) >= 11 is 0. The van der Waals surface area contributed by atoms with Gasteiger partial charge in [-0.3, -0.25) is 14.9 Å². The minimum atomic E-state index is -3.08. The van der Waals surface area contributed by atoms with E-state index in [0.717, 1.165) is 11.1 Å². The van der Waals surface area contributed by atoms with E-state index in [9.17, 15) is 23.7 Å². The van der Waals surface area contributed by atoms with Gasteiger partial charge in [-0.2, -0.15) is 8.78 Å². The Hall–Kier alpha value is -3.14. The Bertz CT molecular complexity index is 1100. The van der Waals surface area contributed by atoms with E-state index in [1.165, 1.54) is 6.07 Å². The SMILES string of the molecule is Cc1ccc(NC(=O)C2(c3ccccc3C(C)C)CN(CCCC(C)(C)[N+](=O)[O-])C2)c(OC(F)F)n1. The summed E-state index contributed by atoms with van der Waals surface area (Å²) in [6, 6.07) is 10.9. The maximum atomic E-state index is 13.8. The largest absolute Gasteiger partial charge is 0.415 e. The highest BCUT2D eigenvalue weighted by Gasteiger charge is 2.51. The molecule has 0 atom stereocenters. The lowest BCUT2D eigenvalue weighted by Gasteiger charge is -2.50. The molecule has 2 aromatic rings. The molecule has 0 aliphatic carbocycles. The summed E-state index contributed by atoms with van der Waals surface area (Å²) < 4.78 is 30.5. The molecule has 1 aliphatic heterocycles. The van der Waals surface area contributed by atoms with Gasteiger partial charge in [-0.25, -0.2) is 4.98 Å². The van der Waals surface area contributed by atoms with Crippen molar-refractivity contribution in [3.8, 4) is 5.88 Å². The minimum absolute atomic E-state index is 0.0819. The number of carbonyl (C=O) groups excluding carboxylic acids is 1. The predicted octanol–water partition coefficient (Wildman–Crippen LogP) is 5.14. The molecule has 0 saturated carbocycles. The maximum absolute atomic E-state index is 13.8. The van der Waals surface area contributed by atoms with Crippen LogP contribution in [0, 0.1) is 17.0 Å². The second-order valence-electron chi connectivity index (χ2n) is 10.3. The monoisotopic (exact) mass is 504 g/mol. The molecule has 3 rings (SSSR count). The Balaban J connectivity index is 1.86. The molecule has 1 aromatic heterocycles. The number of benzene rings is 1. The van der Waals surface area contributed by atoms with Gasteiger partial charge in [-0.15, -0.1) is 0 Å². The third-order valence-corrected chi connectivity index (χ3v) is 6.73. The van der Waals surface area contributed by atoms with Crippen molar-refractivity contribution in [1.29, 1.82) is 0 Å². The van der Waals surface area contributed by atoms with Gasteiger partial charge in [-0.05, 0) is 49.1 Å². The molecule has 0 spiro atoms. The first-order valence-corrected chi connectivity index (χ1v) is 12.1. The Labute approximate surface area is 210 Å². The van der Waals surface area contributed by atoms with Crippen molar-refractivity contribution in [3.63, 3.8) is 0 Å². The second kappa shape index (κ2) is 10.9. The molecule has 1 amide bonds. The first kappa shape index (κ1) is 27.4. The highest BCUT2D eigenvalue weighted by molar-refractivity contribution is 6.01. The molecule has 1 N–H and O–H groups in total. The van der Waals surface area contributed by atoms with Gasteiger partial charge in [0.05, 0.1) is 5.41 Å². The van der Waals surface area contributed by atoms with E-state index in [4.69, 9.17) is 0 Å². The number of rotatable bonds is 11. The molecule has 0 radical (unpaired) electrons. The first-order chi connectivity index (χ1) is 16.9. The van der Waals surface area contributed by atoms with Crippen LogP contribution in [0.2, 0.25) is 0 Å². The number of aryl methyl sites for hydroxylation is 1. The number of ether oxygens (including phenoxy) is 1. The van der Waals surface area contributed by atoms with Crippen LogP contribution in [0.15, 0.2) is 36.4 Å². The lowest BCUT2D eigenvalue weighted by molar-refractivity contribution is -0.561. The number of likely N-dealkylation sites (tertiary alicyclic amines) is 1. The van der Waals surface area contributed by atoms with Crippen LogP contribution in [0.4, 0.5) is 14.5 Å². The fourth-order valence-corrected chi connectivity index (χ4v) is 4.62. The number of carbonyl (C=O) groups is 1. The summed E-state index contributed by atoms with van der Waals surface area (Å²) in [5.41, 5.74) is 0.563. The van der Waals surface area contributed by atoms with Crippen molar-refractivity contribution in [2.45, 2.75) is 70.9 Å². The number of nitro groups is 1. The van der Waals surface area contributed by atoms with Gasteiger partial charge in [-0.1, -0.05) is 38.1 Å². The summed E-state index contributed by atoms with van der Waals surface area (Å²) in [4.78, 5) is 30.9. The summed E-state index contributed by atoms with van der Waals surface area (Å²) in [6.07, 6.45) is 1.04. The van der Waals surface area contributed by atoms with E-state index in [2.05, 4.69) is 33.8 Å². The van der Waals surface area contributed by atoms with Crippen molar-refractivity contribution >= 4 is 11.6 Å². The molecule has 10 heteroatoms. The van der Waals surface area contributed by atoms with E-state index in [0.29, 0.717) is 38.2 Å². The number of alkyl halides is 2. The zero-order chi connectivity index (χ0) is 26.7. The van der Waals surface area contributed by atoms with Gasteiger partial charge in [0.1, 0.15) is 5.69 Å². The van der Waals surface area contributed by atoms with Gasteiger partial charge in [0.25, 0.3) is 0 Å². The molecular weight excluding hydrogens is 470 g/mol. The average Bonchev–Trinajstić information content (AvgIpc) is 2.76. The van der Waals surface area contributed by atoms with Crippen molar-refractivity contribution in [2.24, 2.45) is 0 Å². The fourth-order valence-electron chi connectivity index (χ4n) is 4.62. The van der Waals surface area contributed by atoms with Gasteiger partial charge in [0.2, 0.25) is 17.3 Å². The summed E-state index contributed by atoms with van der Waals surface area (Å²) in [7, 11) is 0. The molecule has 196 valence electrons. The van der Waals surface area contributed by atoms with Crippen LogP contribution in [0.25, 0.3) is 0 Å². The maximum Gasteiger partial charge on any atom is 0.388 e. The van der Waals surface area contributed by atoms with Crippen LogP contribution >= 0.6 is 0 Å². The lowest BCUT2D eigenvalue weighted by Crippen LogP contribution is -2.65. The van der Waals surface area contributed by atoms with Crippen molar-refractivity contribution in [3.05, 3.63) is 63.3 Å². The number of amides is 1. The van der Waals surface area contributed by atoms with Crippen LogP contribution in [0.5, 0.6) is 5.88 Å². The summed E-state index contributed by atoms with van der Waals surface area (Å²) in [5.74, 6) is -0.495. The number of hydrogen-bond donors (Lipinski definition) is 1. The first-order valence-electron chi connectivity index (χ1n) is 12.1. The molecule has 8 nitrogen and oxygen atoms in total. The number of nitrogens with one attached hydrogen (secondary N) is 1. The zero-order valence-corrected chi connectivity index (χ0v) is 21.4. The van der Waals surface area contributed by atoms with Crippen LogP contribution in [-0.4, -0.2) is 52.5 Å². The van der Waals surface area contributed by atoms with Gasteiger partial charge < -0.3 is 15.0 Å². The lowest BCUT2D eigenvalue weighted by atomic mass is 9.69. The van der Waals surface area contributed by atoms with Gasteiger partial charge in [0.15, 0.2) is 0 Å². The molecule has 2 heterocycles. The highest BCUT2D eigenvalue weighted by Crippen LogP contribution is 2.40. The topological polar surface area (TPSA) is 97.6 Å². The second-order valence-corrected chi connectivity index (χ2v) is 10.3. The molecule has 1 fully saturated rings. The van der Waals surface area contributed by atoms with Crippen LogP contribution in [-0.2, 0) is 10.2 Å². The quantitative estimate of drug-likeness (QED) is 0.336. The van der Waals surface area contributed by atoms with Crippen molar-refractivity contribution in [1.82, 2.24) is 9.88 Å². The standard InChI is InChI=1S/C26H34F2N4O4/c1-17(2)19-9-6-7-10-20(19)26(15-31(16-26)14-8-13-25(4,5)32(34)35)23(33)30-21-12-11-18(3)29-22(21)36-24(27)28/h6-7,9-12,17,24H,8,13-16H2,1-5H3,(H,30,33). The van der Waals surface area contributed by atoms with E-state index >= 15 is 0 Å². The summed E-state index contributed by atoms with van der Waals surface area (Å²) in [6.45, 7) is 7.32. The Morgan fingerprint density at radius 2 is 1.92 bits per heavy atom. The smallest absolute Gasteiger partial charge is 0.388 e. The van der Waals surface area contributed by atoms with Crippen molar-refractivity contribution in [2.75, 3.05) is 25.0 Å². The van der Waals surface area contributed by atoms with E-state index in [-0.39, 0.29) is 28.3 Å². The fraction of sp³-hybridized carbons (Fsp3) is 0.538. The normalized spacial score (nSPS) is 15.6. The minimum Gasteiger partial charge on any atom is -0.415 e. The van der Waals surface area contributed by atoms with Crippen LogP contribution < -0.4 is 10.1 Å². The Morgan fingerprint density at radius 1 is 1.25 bits per heavy atom. The molecule has 1 saturated heterocycles. The third-order valence-electron chi connectivity index (χ3n) is 6.73. The highest BCUT2D eigenvalue weighted by atomic mass is 19.3. The van der Waals surface area contributed by atoms with Gasteiger partial charge in [0, 0.05) is 44.0 Å². The zero-order valence-electron chi connectivity index (χ0n) is 21.4. The number of halogens is 2. The van der Waals surface area contributed by atoms with Crippen LogP contribution in [0.3, 0.4) is 0 Å². The molecule has 0 unspecified atom stereocenters. The molecule has 1 aromatic carbocycles. The molecule has 0 bridgehead atoms. The molecule has 1 aliphatic rings. The molecular formula is C26H34F2N4O4. The third kappa shape index (κ3) is 5.98. The number of hydrogen-bond acceptors (Lipinski definition) is 6. The Morgan fingerprint density at radius 3 is 2.53 bits per heavy atom.